The van der Waals surface area contributed by atoms with Crippen molar-refractivity contribution in [1.29, 1.82) is 15.8 Å². The van der Waals surface area contributed by atoms with E-state index in [-0.39, 0.29) is 5.56 Å². The fourth-order valence-corrected chi connectivity index (χ4v) is 9.64. The molecule has 0 amide bonds. The summed E-state index contributed by atoms with van der Waals surface area (Å²) in [5, 5.41) is 34.5. The van der Waals surface area contributed by atoms with Gasteiger partial charge in [0.25, 0.3) is 0 Å². The second-order valence-corrected chi connectivity index (χ2v) is 16.4. The van der Waals surface area contributed by atoms with Gasteiger partial charge in [-0.3, -0.25) is 0 Å². The van der Waals surface area contributed by atoms with Crippen molar-refractivity contribution in [3.63, 3.8) is 0 Å². The van der Waals surface area contributed by atoms with Gasteiger partial charge in [0.15, 0.2) is 5.69 Å². The van der Waals surface area contributed by atoms with Crippen molar-refractivity contribution in [2.24, 2.45) is 0 Å². The molecule has 0 aliphatic heterocycles. The van der Waals surface area contributed by atoms with Crippen molar-refractivity contribution >= 4 is 49.3 Å². The lowest BCUT2D eigenvalue weighted by atomic mass is 9.93. The van der Waals surface area contributed by atoms with Crippen LogP contribution in [0.2, 0.25) is 0 Å². The third-order valence-electron chi connectivity index (χ3n) is 12.7. The molecular weight excluding hydrogens is 850 g/mol. The number of para-hydroxylation sites is 3. The van der Waals surface area contributed by atoms with E-state index in [1.165, 1.54) is 6.07 Å². The van der Waals surface area contributed by atoms with E-state index in [1.807, 2.05) is 140 Å². The first kappa shape index (κ1) is 41.1. The highest BCUT2D eigenvalue weighted by atomic mass is 19.4. The van der Waals surface area contributed by atoms with E-state index in [0.29, 0.717) is 39.3 Å². The molecule has 0 unspecified atom stereocenters. The molecule has 0 bridgehead atoms. The molecule has 0 atom stereocenters. The summed E-state index contributed by atoms with van der Waals surface area (Å²) in [6.45, 7) is 7.85. The number of nitriles is 3. The molecule has 0 saturated heterocycles. The molecule has 9 heteroatoms. The number of benzene rings is 9. The highest BCUT2D eigenvalue weighted by Gasteiger charge is 2.31. The van der Waals surface area contributed by atoms with Gasteiger partial charge in [0.1, 0.15) is 0 Å². The second kappa shape index (κ2) is 16.1. The molecule has 6 nitrogen and oxygen atoms in total. The molecule has 2 aromatic heterocycles. The van der Waals surface area contributed by atoms with Gasteiger partial charge < -0.3 is 9.13 Å². The molecule has 0 aliphatic rings. The van der Waals surface area contributed by atoms with Gasteiger partial charge in [-0.15, -0.1) is 0 Å². The Morgan fingerprint density at radius 3 is 1.51 bits per heavy atom. The van der Waals surface area contributed by atoms with Crippen LogP contribution < -0.4 is 0 Å². The number of aromatic nitrogens is 2. The second-order valence-electron chi connectivity index (χ2n) is 16.4. The Labute approximate surface area is 387 Å². The molecule has 9 aromatic carbocycles. The van der Waals surface area contributed by atoms with Gasteiger partial charge in [0.05, 0.1) is 80.5 Å². The van der Waals surface area contributed by atoms with Crippen LogP contribution in [0.1, 0.15) is 22.3 Å². The molecule has 0 N–H and O–H groups in total. The SMILES string of the molecule is [C-]#[N+]c1ccccc1-c1ccc2c(c1)c1ccccc1n2-c1cc(C#N)ccc1-c1ccc(-c2ccc(C(F)(F)F)cc2C#N)cc1-n1c2ccccc2c2cc(-c3ccccc3C#N)ccc21. The number of fused-ring (bicyclic) bond motifs is 6. The lowest BCUT2D eigenvalue weighted by molar-refractivity contribution is -0.137. The standard InChI is InChI=1S/C59H31F3N6/c1-66-52-15-7-4-12-45(52)38-21-27-55-51(31-38)47-14-5-8-16-53(47)67(55)57-28-36(33-63)18-23-48(57)49-24-19-39(44-25-22-42(59(60,61)62)29-41(44)35-65)32-58(49)68-54-17-9-6-13-46(54)50-30-37(20-26-56(50)68)43-11-3-2-10-40(43)34-64/h2-32H. The maximum atomic E-state index is 14.0. The lowest BCUT2D eigenvalue weighted by Crippen LogP contribution is -2.05. The van der Waals surface area contributed by atoms with Crippen LogP contribution in [0.4, 0.5) is 18.9 Å². The molecule has 2 heterocycles. The summed E-state index contributed by atoms with van der Waals surface area (Å²) in [7, 11) is 0. The molecular formula is C59H31F3N6. The van der Waals surface area contributed by atoms with Crippen molar-refractivity contribution in [1.82, 2.24) is 9.13 Å². The summed E-state index contributed by atoms with van der Waals surface area (Å²) in [5.74, 6) is 0. The van der Waals surface area contributed by atoms with Gasteiger partial charge in [-0.25, -0.2) is 4.85 Å². The first-order valence-electron chi connectivity index (χ1n) is 21.5. The zero-order valence-electron chi connectivity index (χ0n) is 35.7. The van der Waals surface area contributed by atoms with Gasteiger partial charge in [-0.1, -0.05) is 115 Å². The number of alkyl halides is 3. The third kappa shape index (κ3) is 6.63. The normalized spacial score (nSPS) is 11.4. The van der Waals surface area contributed by atoms with Crippen LogP contribution in [-0.2, 0) is 6.18 Å². The summed E-state index contributed by atoms with van der Waals surface area (Å²) < 4.78 is 46.2. The van der Waals surface area contributed by atoms with E-state index in [9.17, 15) is 29.0 Å². The number of rotatable bonds is 6. The minimum atomic E-state index is -4.64. The van der Waals surface area contributed by atoms with Gasteiger partial charge in [0.2, 0.25) is 0 Å². The van der Waals surface area contributed by atoms with E-state index < -0.39 is 11.7 Å². The number of nitrogens with zero attached hydrogens (tertiary/aromatic N) is 6. The lowest BCUT2D eigenvalue weighted by Gasteiger charge is -2.20. The predicted molar refractivity (Wildman–Crippen MR) is 262 cm³/mol. The average Bonchev–Trinajstić information content (AvgIpc) is 3.89. The van der Waals surface area contributed by atoms with Crippen molar-refractivity contribution in [3.8, 4) is 74.1 Å². The van der Waals surface area contributed by atoms with Crippen LogP contribution in [-0.4, -0.2) is 9.13 Å². The fraction of sp³-hybridized carbons (Fsp3) is 0.0169. The smallest absolute Gasteiger partial charge is 0.309 e. The quantitative estimate of drug-likeness (QED) is 0.156. The molecule has 318 valence electrons. The van der Waals surface area contributed by atoms with E-state index >= 15 is 0 Å². The van der Waals surface area contributed by atoms with Gasteiger partial charge >= 0.3 is 6.18 Å². The third-order valence-corrected chi connectivity index (χ3v) is 12.7. The van der Waals surface area contributed by atoms with Crippen molar-refractivity contribution in [2.45, 2.75) is 6.18 Å². The van der Waals surface area contributed by atoms with E-state index in [1.54, 1.807) is 18.2 Å². The Bertz CT molecular complexity index is 4090. The Morgan fingerprint density at radius 2 is 0.897 bits per heavy atom. The Balaban J connectivity index is 1.22. The monoisotopic (exact) mass is 880 g/mol. The van der Waals surface area contributed by atoms with Crippen molar-refractivity contribution in [2.75, 3.05) is 0 Å². The van der Waals surface area contributed by atoms with Crippen LogP contribution >= 0.6 is 0 Å². The number of hydrogen-bond donors (Lipinski definition) is 0. The summed E-state index contributed by atoms with van der Waals surface area (Å²) in [6, 6.07) is 64.4. The molecule has 68 heavy (non-hydrogen) atoms. The zero-order chi connectivity index (χ0) is 46.7. The summed E-state index contributed by atoms with van der Waals surface area (Å²) in [5.41, 5.74) is 11.0. The topological polar surface area (TPSA) is 85.6 Å². The minimum Gasteiger partial charge on any atom is -0.309 e. The maximum absolute atomic E-state index is 14.0. The van der Waals surface area contributed by atoms with Gasteiger partial charge in [-0.05, 0) is 106 Å². The summed E-state index contributed by atoms with van der Waals surface area (Å²) >= 11 is 0. The Morgan fingerprint density at radius 1 is 0.412 bits per heavy atom. The van der Waals surface area contributed by atoms with E-state index in [0.717, 1.165) is 89.1 Å². The molecule has 0 fully saturated rings. The van der Waals surface area contributed by atoms with Gasteiger partial charge in [0, 0.05) is 32.7 Å². The predicted octanol–water partition coefficient (Wildman–Crippen LogP) is 15.7. The van der Waals surface area contributed by atoms with Crippen LogP contribution in [0.15, 0.2) is 188 Å². The highest BCUT2D eigenvalue weighted by molar-refractivity contribution is 6.13. The zero-order valence-corrected chi connectivity index (χ0v) is 35.7. The Kier molecular flexibility index (Phi) is 9.72. The molecule has 0 radical (unpaired) electrons. The number of hydrogen-bond acceptors (Lipinski definition) is 3. The van der Waals surface area contributed by atoms with Gasteiger partial charge in [-0.2, -0.15) is 29.0 Å². The Hall–Kier alpha value is -9.67. The average molecular weight is 881 g/mol. The number of halogens is 3. The van der Waals surface area contributed by atoms with Crippen LogP contribution in [0, 0.1) is 40.6 Å². The molecule has 0 spiro atoms. The van der Waals surface area contributed by atoms with E-state index in [4.69, 9.17) is 6.57 Å². The molecule has 0 aliphatic carbocycles. The molecule has 11 aromatic rings. The van der Waals surface area contributed by atoms with Crippen LogP contribution in [0.25, 0.3) is 104 Å². The minimum absolute atomic E-state index is 0.121. The van der Waals surface area contributed by atoms with Crippen LogP contribution in [0.5, 0.6) is 0 Å². The molecule has 11 rings (SSSR count). The van der Waals surface area contributed by atoms with Crippen molar-refractivity contribution < 1.29 is 13.2 Å². The molecule has 0 saturated carbocycles. The fourth-order valence-electron chi connectivity index (χ4n) is 9.64. The largest absolute Gasteiger partial charge is 0.416 e. The van der Waals surface area contributed by atoms with E-state index in [2.05, 4.69) is 44.3 Å². The highest BCUT2D eigenvalue weighted by Crippen LogP contribution is 2.45. The summed E-state index contributed by atoms with van der Waals surface area (Å²) in [6.07, 6.45) is -4.64. The first-order valence-corrected chi connectivity index (χ1v) is 21.5. The van der Waals surface area contributed by atoms with Crippen molar-refractivity contribution in [3.05, 3.63) is 222 Å². The first-order chi connectivity index (χ1) is 33.2. The maximum Gasteiger partial charge on any atom is 0.416 e. The van der Waals surface area contributed by atoms with Crippen LogP contribution in [0.3, 0.4) is 0 Å². The summed E-state index contributed by atoms with van der Waals surface area (Å²) in [4.78, 5) is 3.79.